The largest absolute Gasteiger partial charge is 0.465 e. The molecular weight excluding hydrogens is 384 g/mol. The van der Waals surface area contributed by atoms with Gasteiger partial charge in [0.05, 0.1) is 17.9 Å². The number of esters is 1. The second-order valence-electron chi connectivity index (χ2n) is 5.77. The summed E-state index contributed by atoms with van der Waals surface area (Å²) in [4.78, 5) is 29.6. The summed E-state index contributed by atoms with van der Waals surface area (Å²) in [6.07, 6.45) is 0.707. The van der Waals surface area contributed by atoms with Crippen LogP contribution in [-0.4, -0.2) is 41.1 Å². The molecule has 0 aliphatic carbocycles. The second-order valence-corrected chi connectivity index (χ2v) is 7.77. The van der Waals surface area contributed by atoms with Gasteiger partial charge in [0.2, 0.25) is 0 Å². The van der Waals surface area contributed by atoms with E-state index in [1.54, 1.807) is 11.5 Å². The summed E-state index contributed by atoms with van der Waals surface area (Å²) in [5.74, 6) is -0.188. The van der Waals surface area contributed by atoms with E-state index in [0.717, 1.165) is 10.1 Å². The number of carbonyl (C=O) groups excluding carboxylic acids is 1. The van der Waals surface area contributed by atoms with Gasteiger partial charge in [0.1, 0.15) is 4.70 Å². The molecule has 2 heterocycles. The average molecular weight is 407 g/mol. The Balaban J connectivity index is 2.00. The number of hydrogen-bond donors (Lipinski definition) is 0. The van der Waals surface area contributed by atoms with Gasteiger partial charge in [-0.25, -0.2) is 4.98 Å². The van der Waals surface area contributed by atoms with Crippen LogP contribution < -0.4 is 5.56 Å². The van der Waals surface area contributed by atoms with E-state index in [9.17, 15) is 9.59 Å². The Bertz CT molecular complexity index is 996. The Morgan fingerprint density at radius 2 is 2.07 bits per heavy atom. The van der Waals surface area contributed by atoms with Gasteiger partial charge in [0, 0.05) is 29.8 Å². The first-order valence-electron chi connectivity index (χ1n) is 8.94. The highest BCUT2D eigenvalue weighted by atomic mass is 32.2. The summed E-state index contributed by atoms with van der Waals surface area (Å²) in [6, 6.07) is 7.86. The first-order valence-corrected chi connectivity index (χ1v) is 10.7. The number of fused-ring (bicyclic) bond motifs is 3. The lowest BCUT2D eigenvalue weighted by Crippen LogP contribution is -2.24. The van der Waals surface area contributed by atoms with E-state index in [-0.39, 0.29) is 17.3 Å². The van der Waals surface area contributed by atoms with Gasteiger partial charge in [-0.15, -0.1) is 11.3 Å². The molecule has 1 aromatic carbocycles. The molecule has 3 rings (SSSR count). The highest BCUT2D eigenvalue weighted by Crippen LogP contribution is 2.31. The molecule has 0 N–H and O–H groups in total. The minimum Gasteiger partial charge on any atom is -0.465 e. The van der Waals surface area contributed by atoms with E-state index in [1.807, 2.05) is 31.2 Å². The van der Waals surface area contributed by atoms with Crippen molar-refractivity contribution in [3.05, 3.63) is 34.6 Å². The molecule has 0 atom stereocenters. The zero-order chi connectivity index (χ0) is 19.2. The topological polar surface area (TPSA) is 70.4 Å². The van der Waals surface area contributed by atoms with Crippen LogP contribution in [0.4, 0.5) is 0 Å². The Labute approximate surface area is 165 Å². The molecule has 0 saturated heterocycles. The molecule has 0 saturated carbocycles. The highest BCUT2D eigenvalue weighted by molar-refractivity contribution is 7.99. The maximum Gasteiger partial charge on any atom is 0.316 e. The van der Waals surface area contributed by atoms with Gasteiger partial charge in [-0.05, 0) is 26.3 Å². The van der Waals surface area contributed by atoms with Crippen LogP contribution in [0.3, 0.4) is 0 Å². The van der Waals surface area contributed by atoms with Gasteiger partial charge in [0.25, 0.3) is 5.56 Å². The van der Waals surface area contributed by atoms with Crippen LogP contribution in [0.1, 0.15) is 20.3 Å². The number of benzene rings is 1. The molecule has 0 bridgehead atoms. The van der Waals surface area contributed by atoms with Crippen molar-refractivity contribution in [2.75, 3.05) is 25.6 Å². The van der Waals surface area contributed by atoms with Gasteiger partial charge in [-0.1, -0.05) is 30.0 Å². The molecular formula is C19H22N2O4S2. The van der Waals surface area contributed by atoms with Crippen molar-refractivity contribution in [3.63, 3.8) is 0 Å². The van der Waals surface area contributed by atoms with Gasteiger partial charge in [-0.3, -0.25) is 14.2 Å². The van der Waals surface area contributed by atoms with Crippen molar-refractivity contribution >= 4 is 49.4 Å². The van der Waals surface area contributed by atoms with Crippen LogP contribution in [-0.2, 0) is 20.8 Å². The number of aromatic nitrogens is 2. The molecule has 2 aromatic heterocycles. The van der Waals surface area contributed by atoms with Crippen LogP contribution >= 0.6 is 23.1 Å². The molecule has 3 aromatic rings. The lowest BCUT2D eigenvalue weighted by molar-refractivity contribution is -0.139. The van der Waals surface area contributed by atoms with E-state index < -0.39 is 0 Å². The van der Waals surface area contributed by atoms with Gasteiger partial charge >= 0.3 is 5.97 Å². The minimum absolute atomic E-state index is 0.0657. The summed E-state index contributed by atoms with van der Waals surface area (Å²) < 4.78 is 13.7. The van der Waals surface area contributed by atoms with Crippen LogP contribution in [0, 0.1) is 0 Å². The molecule has 27 heavy (non-hydrogen) atoms. The standard InChI is InChI=1S/C19H22N2O4S2/c1-3-24-11-7-10-21-18(23)17-16(13-8-5-6-9-14(13)27-17)20-19(21)26-12-15(22)25-4-2/h5-6,8-9H,3-4,7,10-12H2,1-2H3. The summed E-state index contributed by atoms with van der Waals surface area (Å²) in [7, 11) is 0. The molecule has 144 valence electrons. The predicted molar refractivity (Wildman–Crippen MR) is 110 cm³/mol. The Morgan fingerprint density at radius 1 is 1.26 bits per heavy atom. The monoisotopic (exact) mass is 406 g/mol. The molecule has 0 amide bonds. The highest BCUT2D eigenvalue weighted by Gasteiger charge is 2.17. The Morgan fingerprint density at radius 3 is 2.85 bits per heavy atom. The first kappa shape index (κ1) is 19.9. The SMILES string of the molecule is CCOCCCn1c(SCC(=O)OCC)nc2c(sc3ccccc32)c1=O. The number of ether oxygens (including phenoxy) is 2. The fraction of sp³-hybridized carbons (Fsp3) is 0.421. The average Bonchev–Trinajstić information content (AvgIpc) is 3.04. The zero-order valence-electron chi connectivity index (χ0n) is 15.4. The van der Waals surface area contributed by atoms with Crippen molar-refractivity contribution in [3.8, 4) is 0 Å². The fourth-order valence-electron chi connectivity index (χ4n) is 2.76. The van der Waals surface area contributed by atoms with E-state index in [4.69, 9.17) is 14.5 Å². The van der Waals surface area contributed by atoms with Crippen molar-refractivity contribution in [1.82, 2.24) is 9.55 Å². The molecule has 0 aliphatic heterocycles. The van der Waals surface area contributed by atoms with Crippen LogP contribution in [0.5, 0.6) is 0 Å². The van der Waals surface area contributed by atoms with Crippen molar-refractivity contribution in [1.29, 1.82) is 0 Å². The van der Waals surface area contributed by atoms with Gasteiger partial charge < -0.3 is 9.47 Å². The normalized spacial score (nSPS) is 11.3. The predicted octanol–water partition coefficient (Wildman–Crippen LogP) is 3.69. The summed E-state index contributed by atoms with van der Waals surface area (Å²) in [5.41, 5.74) is 0.636. The minimum atomic E-state index is -0.312. The van der Waals surface area contributed by atoms with Gasteiger partial charge in [0.15, 0.2) is 5.16 Å². The third-order valence-corrected chi connectivity index (χ3v) is 6.04. The number of thiophene rings is 1. The Hall–Kier alpha value is -1.90. The maximum absolute atomic E-state index is 13.1. The van der Waals surface area contributed by atoms with Crippen molar-refractivity contribution < 1.29 is 14.3 Å². The summed E-state index contributed by atoms with van der Waals surface area (Å²) in [5, 5.41) is 1.51. The summed E-state index contributed by atoms with van der Waals surface area (Å²) in [6.45, 7) is 5.78. The third kappa shape index (κ3) is 4.51. The number of carbonyl (C=O) groups is 1. The lowest BCUT2D eigenvalue weighted by Gasteiger charge is -2.12. The quantitative estimate of drug-likeness (QED) is 0.234. The molecule has 0 unspecified atom stereocenters. The van der Waals surface area contributed by atoms with E-state index in [2.05, 4.69) is 0 Å². The second kappa shape index (κ2) is 9.34. The molecule has 0 spiro atoms. The molecule has 6 nitrogen and oxygen atoms in total. The van der Waals surface area contributed by atoms with Crippen LogP contribution in [0.2, 0.25) is 0 Å². The molecule has 0 fully saturated rings. The third-order valence-electron chi connectivity index (χ3n) is 3.95. The zero-order valence-corrected chi connectivity index (χ0v) is 17.0. The van der Waals surface area contributed by atoms with Crippen LogP contribution in [0.25, 0.3) is 20.3 Å². The lowest BCUT2D eigenvalue weighted by atomic mass is 10.2. The van der Waals surface area contributed by atoms with E-state index >= 15 is 0 Å². The fourth-order valence-corrected chi connectivity index (χ4v) is 4.66. The number of hydrogen-bond acceptors (Lipinski definition) is 7. The van der Waals surface area contributed by atoms with Crippen LogP contribution in [0.15, 0.2) is 34.2 Å². The van der Waals surface area contributed by atoms with E-state index in [1.165, 1.54) is 23.1 Å². The number of thioether (sulfide) groups is 1. The molecule has 0 radical (unpaired) electrons. The molecule has 0 aliphatic rings. The van der Waals surface area contributed by atoms with Crippen molar-refractivity contribution in [2.24, 2.45) is 0 Å². The number of rotatable bonds is 9. The smallest absolute Gasteiger partial charge is 0.316 e. The molecule has 8 heteroatoms. The summed E-state index contributed by atoms with van der Waals surface area (Å²) >= 11 is 2.70. The first-order chi connectivity index (χ1) is 13.2. The van der Waals surface area contributed by atoms with Crippen molar-refractivity contribution in [2.45, 2.75) is 32.0 Å². The maximum atomic E-state index is 13.1. The van der Waals surface area contributed by atoms with Gasteiger partial charge in [-0.2, -0.15) is 0 Å². The van der Waals surface area contributed by atoms with E-state index in [0.29, 0.717) is 48.2 Å². The Kier molecular flexibility index (Phi) is 6.87. The number of nitrogens with zero attached hydrogens (tertiary/aromatic N) is 2.